The normalized spacial score (nSPS) is 12.3. The third-order valence-corrected chi connectivity index (χ3v) is 2.76. The standard InChI is InChI=1S/C12H16ClNO3/c1-7-4-11(17-3)9(13)5-8(7)12(16)10(15)6-14-2/h4-5,10,14-15H,6H2,1-3H3. The summed E-state index contributed by atoms with van der Waals surface area (Å²) in [5.41, 5.74) is 1.14. The number of nitrogens with one attached hydrogen (secondary N) is 1. The van der Waals surface area contributed by atoms with Crippen molar-refractivity contribution in [3.63, 3.8) is 0 Å². The topological polar surface area (TPSA) is 58.6 Å². The van der Waals surface area contributed by atoms with E-state index in [0.29, 0.717) is 16.3 Å². The maximum atomic E-state index is 11.9. The lowest BCUT2D eigenvalue weighted by Crippen LogP contribution is -2.31. The summed E-state index contributed by atoms with van der Waals surface area (Å²) in [6, 6.07) is 3.21. The number of carbonyl (C=O) groups excluding carboxylic acids is 1. The summed E-state index contributed by atoms with van der Waals surface area (Å²) in [7, 11) is 3.18. The molecule has 0 aliphatic heterocycles. The second-order valence-corrected chi connectivity index (χ2v) is 4.15. The van der Waals surface area contributed by atoms with E-state index < -0.39 is 6.10 Å². The van der Waals surface area contributed by atoms with E-state index in [1.807, 2.05) is 0 Å². The summed E-state index contributed by atoms with van der Waals surface area (Å²) >= 11 is 5.95. The van der Waals surface area contributed by atoms with Crippen LogP contribution in [0.5, 0.6) is 5.75 Å². The first-order chi connectivity index (χ1) is 8.01. The number of carbonyl (C=O) groups is 1. The Morgan fingerprint density at radius 1 is 1.59 bits per heavy atom. The quantitative estimate of drug-likeness (QED) is 0.784. The molecule has 0 amide bonds. The zero-order valence-corrected chi connectivity index (χ0v) is 10.8. The van der Waals surface area contributed by atoms with E-state index in [1.165, 1.54) is 13.2 Å². The van der Waals surface area contributed by atoms with Crippen molar-refractivity contribution in [3.8, 4) is 5.75 Å². The Bertz CT molecular complexity index is 420. The minimum atomic E-state index is -1.07. The molecule has 0 aromatic heterocycles. The van der Waals surface area contributed by atoms with Gasteiger partial charge in [-0.25, -0.2) is 0 Å². The van der Waals surface area contributed by atoms with Crippen molar-refractivity contribution in [2.75, 3.05) is 20.7 Å². The van der Waals surface area contributed by atoms with E-state index in [1.54, 1.807) is 20.0 Å². The number of aryl methyl sites for hydroxylation is 1. The molecule has 0 radical (unpaired) electrons. The molecule has 0 fully saturated rings. The molecule has 0 aliphatic rings. The predicted octanol–water partition coefficient (Wildman–Crippen LogP) is 1.42. The van der Waals surface area contributed by atoms with Crippen LogP contribution in [-0.2, 0) is 0 Å². The molecule has 17 heavy (non-hydrogen) atoms. The largest absolute Gasteiger partial charge is 0.495 e. The fourth-order valence-corrected chi connectivity index (χ4v) is 1.78. The zero-order valence-electron chi connectivity index (χ0n) is 10.1. The molecule has 2 N–H and O–H groups in total. The molecule has 0 spiro atoms. The number of halogens is 1. The third-order valence-electron chi connectivity index (χ3n) is 2.46. The Labute approximate surface area is 106 Å². The maximum absolute atomic E-state index is 11.9. The molecule has 1 atom stereocenters. The Hall–Kier alpha value is -1.10. The van der Waals surface area contributed by atoms with Gasteiger partial charge in [-0.1, -0.05) is 11.6 Å². The van der Waals surface area contributed by atoms with Gasteiger partial charge >= 0.3 is 0 Å². The van der Waals surface area contributed by atoms with Crippen molar-refractivity contribution in [1.29, 1.82) is 0 Å². The number of ether oxygens (including phenoxy) is 1. The highest BCUT2D eigenvalue weighted by molar-refractivity contribution is 6.32. The fourth-order valence-electron chi connectivity index (χ4n) is 1.54. The second kappa shape index (κ2) is 6.00. The summed E-state index contributed by atoms with van der Waals surface area (Å²) in [5, 5.41) is 12.7. The van der Waals surface area contributed by atoms with Gasteiger partial charge in [0.25, 0.3) is 0 Å². The maximum Gasteiger partial charge on any atom is 0.192 e. The van der Waals surface area contributed by atoms with E-state index in [0.717, 1.165) is 5.56 Å². The number of Topliss-reactive ketones (excluding diaryl/α,β-unsaturated/α-hetero) is 1. The molecule has 5 heteroatoms. The zero-order chi connectivity index (χ0) is 13.0. The minimum Gasteiger partial charge on any atom is -0.495 e. The minimum absolute atomic E-state index is 0.210. The average Bonchev–Trinajstić information content (AvgIpc) is 2.31. The van der Waals surface area contributed by atoms with Gasteiger partial charge in [0.2, 0.25) is 0 Å². The summed E-state index contributed by atoms with van der Waals surface area (Å²) in [6.07, 6.45) is -1.07. The van der Waals surface area contributed by atoms with E-state index in [4.69, 9.17) is 16.3 Å². The first-order valence-electron chi connectivity index (χ1n) is 5.22. The molecule has 1 aromatic rings. The molecule has 1 rings (SSSR count). The summed E-state index contributed by atoms with van der Waals surface area (Å²) in [4.78, 5) is 11.9. The molecule has 1 unspecified atom stereocenters. The van der Waals surface area contributed by atoms with E-state index in [-0.39, 0.29) is 12.3 Å². The van der Waals surface area contributed by atoms with Gasteiger partial charge in [0.15, 0.2) is 5.78 Å². The van der Waals surface area contributed by atoms with Crippen molar-refractivity contribution in [1.82, 2.24) is 5.32 Å². The highest BCUT2D eigenvalue weighted by atomic mass is 35.5. The lowest BCUT2D eigenvalue weighted by molar-refractivity contribution is 0.0749. The van der Waals surface area contributed by atoms with Crippen LogP contribution in [0.25, 0.3) is 0 Å². The third kappa shape index (κ3) is 3.19. The number of ketones is 1. The molecule has 4 nitrogen and oxygen atoms in total. The molecule has 0 heterocycles. The van der Waals surface area contributed by atoms with Gasteiger partial charge in [-0.15, -0.1) is 0 Å². The molecule has 0 saturated heterocycles. The molecular weight excluding hydrogens is 242 g/mol. The van der Waals surface area contributed by atoms with Crippen LogP contribution >= 0.6 is 11.6 Å². The summed E-state index contributed by atoms with van der Waals surface area (Å²) < 4.78 is 5.05. The van der Waals surface area contributed by atoms with Gasteiger partial charge < -0.3 is 15.2 Å². The molecule has 0 bridgehead atoms. The van der Waals surface area contributed by atoms with Gasteiger partial charge in [-0.3, -0.25) is 4.79 Å². The van der Waals surface area contributed by atoms with Crippen molar-refractivity contribution in [3.05, 3.63) is 28.3 Å². The van der Waals surface area contributed by atoms with Crippen molar-refractivity contribution >= 4 is 17.4 Å². The predicted molar refractivity (Wildman–Crippen MR) is 67.0 cm³/mol. The molecule has 94 valence electrons. The smallest absolute Gasteiger partial charge is 0.192 e. The molecule has 0 aliphatic carbocycles. The SMILES string of the molecule is CNCC(O)C(=O)c1cc(Cl)c(OC)cc1C. The van der Waals surface area contributed by atoms with Gasteiger partial charge in [0.1, 0.15) is 11.9 Å². The Balaban J connectivity index is 3.06. The number of aliphatic hydroxyl groups is 1. The fraction of sp³-hybridized carbons (Fsp3) is 0.417. The number of rotatable bonds is 5. The number of benzene rings is 1. The highest BCUT2D eigenvalue weighted by Gasteiger charge is 2.19. The molecular formula is C12H16ClNO3. The molecule has 0 saturated carbocycles. The van der Waals surface area contributed by atoms with Crippen LogP contribution in [0.2, 0.25) is 5.02 Å². The number of hydrogen-bond donors (Lipinski definition) is 2. The number of hydrogen-bond acceptors (Lipinski definition) is 4. The van der Waals surface area contributed by atoms with Crippen molar-refractivity contribution in [2.24, 2.45) is 0 Å². The monoisotopic (exact) mass is 257 g/mol. The van der Waals surface area contributed by atoms with Crippen LogP contribution in [0.15, 0.2) is 12.1 Å². The van der Waals surface area contributed by atoms with Gasteiger partial charge in [0.05, 0.1) is 12.1 Å². The Morgan fingerprint density at radius 2 is 2.24 bits per heavy atom. The number of methoxy groups -OCH3 is 1. The van der Waals surface area contributed by atoms with E-state index in [2.05, 4.69) is 5.32 Å². The summed E-state index contributed by atoms with van der Waals surface area (Å²) in [5.74, 6) is 0.172. The van der Waals surface area contributed by atoms with Crippen LogP contribution in [0, 0.1) is 6.92 Å². The number of likely N-dealkylation sites (N-methyl/N-ethyl adjacent to an activating group) is 1. The van der Waals surface area contributed by atoms with Crippen LogP contribution < -0.4 is 10.1 Å². The highest BCUT2D eigenvalue weighted by Crippen LogP contribution is 2.28. The van der Waals surface area contributed by atoms with Gasteiger partial charge in [-0.05, 0) is 31.7 Å². The Kier molecular flexibility index (Phi) is 4.93. The summed E-state index contributed by atoms with van der Waals surface area (Å²) in [6.45, 7) is 1.99. The lowest BCUT2D eigenvalue weighted by Gasteiger charge is -2.13. The first kappa shape index (κ1) is 14.0. The van der Waals surface area contributed by atoms with E-state index >= 15 is 0 Å². The van der Waals surface area contributed by atoms with Crippen LogP contribution in [-0.4, -0.2) is 37.7 Å². The van der Waals surface area contributed by atoms with Crippen molar-refractivity contribution in [2.45, 2.75) is 13.0 Å². The number of aliphatic hydroxyl groups excluding tert-OH is 1. The molecule has 1 aromatic carbocycles. The van der Waals surface area contributed by atoms with Crippen LogP contribution in [0.3, 0.4) is 0 Å². The second-order valence-electron chi connectivity index (χ2n) is 3.74. The van der Waals surface area contributed by atoms with Crippen molar-refractivity contribution < 1.29 is 14.6 Å². The Morgan fingerprint density at radius 3 is 2.76 bits per heavy atom. The van der Waals surface area contributed by atoms with Gasteiger partial charge in [-0.2, -0.15) is 0 Å². The lowest BCUT2D eigenvalue weighted by atomic mass is 10.0. The average molecular weight is 258 g/mol. The first-order valence-corrected chi connectivity index (χ1v) is 5.60. The van der Waals surface area contributed by atoms with Gasteiger partial charge in [0, 0.05) is 12.1 Å². The van der Waals surface area contributed by atoms with E-state index in [9.17, 15) is 9.90 Å². The van der Waals surface area contributed by atoms with Crippen LogP contribution in [0.1, 0.15) is 15.9 Å². The van der Waals surface area contributed by atoms with Crippen LogP contribution in [0.4, 0.5) is 0 Å².